The maximum Gasteiger partial charge on any atom is 0.181 e. The molecule has 0 unspecified atom stereocenters. The van der Waals surface area contributed by atoms with E-state index in [-0.39, 0.29) is 29.6 Å². The maximum atomic E-state index is 15.4. The molecule has 0 radical (unpaired) electrons. The molecular weight excluding hydrogens is 540 g/mol. The lowest BCUT2D eigenvalue weighted by Gasteiger charge is -2.44. The van der Waals surface area contributed by atoms with Crippen LogP contribution in [0.3, 0.4) is 0 Å². The van der Waals surface area contributed by atoms with E-state index in [1.165, 1.54) is 12.0 Å². The van der Waals surface area contributed by atoms with Gasteiger partial charge in [-0.3, -0.25) is 14.5 Å². The van der Waals surface area contributed by atoms with Crippen molar-refractivity contribution in [3.05, 3.63) is 137 Å². The topological polar surface area (TPSA) is 40.6 Å². The fraction of sp³-hybridized carbons (Fsp3) is 0.350. The van der Waals surface area contributed by atoms with Crippen molar-refractivity contribution in [1.29, 1.82) is 0 Å². The number of anilines is 1. The molecule has 4 aromatic carbocycles. The first-order valence-corrected chi connectivity index (χ1v) is 16.3. The van der Waals surface area contributed by atoms with Crippen LogP contribution in [0.4, 0.5) is 5.69 Å². The Morgan fingerprint density at radius 1 is 0.750 bits per heavy atom. The number of carbonyl (C=O) groups excluding carboxylic acids is 2. The van der Waals surface area contributed by atoms with Crippen molar-refractivity contribution in [2.45, 2.75) is 69.0 Å². The van der Waals surface area contributed by atoms with Gasteiger partial charge in [0.2, 0.25) is 0 Å². The molecule has 2 fully saturated rings. The average molecular weight is 583 g/mol. The monoisotopic (exact) mass is 582 g/mol. The van der Waals surface area contributed by atoms with E-state index < -0.39 is 11.5 Å². The molecule has 224 valence electrons. The smallest absolute Gasteiger partial charge is 0.181 e. The highest BCUT2D eigenvalue weighted by molar-refractivity contribution is 6.11. The van der Waals surface area contributed by atoms with Crippen molar-refractivity contribution < 1.29 is 9.59 Å². The summed E-state index contributed by atoms with van der Waals surface area (Å²) >= 11 is 0. The molecule has 0 bridgehead atoms. The highest BCUT2D eigenvalue weighted by atomic mass is 16.1. The van der Waals surface area contributed by atoms with Crippen LogP contribution in [0.2, 0.25) is 0 Å². The third kappa shape index (κ3) is 4.71. The number of carbonyl (C=O) groups is 2. The molecule has 1 aliphatic heterocycles. The molecule has 4 nitrogen and oxygen atoms in total. The minimum absolute atomic E-state index is 0.0808. The number of rotatable bonds is 6. The van der Waals surface area contributed by atoms with Crippen LogP contribution in [-0.2, 0) is 6.42 Å². The van der Waals surface area contributed by atoms with Crippen LogP contribution in [0.1, 0.15) is 87.9 Å². The summed E-state index contributed by atoms with van der Waals surface area (Å²) in [6, 6.07) is 36.9. The van der Waals surface area contributed by atoms with Crippen molar-refractivity contribution in [2.24, 2.45) is 5.41 Å². The fourth-order valence-corrected chi connectivity index (χ4v) is 8.69. The fourth-order valence-electron chi connectivity index (χ4n) is 8.69. The van der Waals surface area contributed by atoms with E-state index in [2.05, 4.69) is 84.6 Å². The van der Waals surface area contributed by atoms with E-state index in [1.807, 2.05) is 48.5 Å². The Kier molecular flexibility index (Phi) is 7.72. The Bertz CT molecular complexity index is 1630. The second-order valence-electron chi connectivity index (χ2n) is 13.2. The van der Waals surface area contributed by atoms with Gasteiger partial charge in [0.1, 0.15) is 0 Å². The van der Waals surface area contributed by atoms with Crippen LogP contribution >= 0.6 is 0 Å². The Hall–Kier alpha value is -4.02. The van der Waals surface area contributed by atoms with E-state index in [0.29, 0.717) is 12.0 Å². The standard InChI is InChI=1S/C40H42N2O2/c1-41(2)32-24-22-29(23-25-32)35-36(30-15-6-3-7-16-30)42(33-19-10-5-11-20-33)38(37(43)31-17-8-4-9-18-31)40(35)27-26-28-14-12-13-21-34(28)39(40)44/h3-4,6-9,12-18,21-25,33,35-36,38H,5,10-11,19-20,26-27H2,1-2H3/t35-,36-,38-,40+/m1/s1. The van der Waals surface area contributed by atoms with E-state index in [4.69, 9.17) is 0 Å². The molecular formula is C40H42N2O2. The molecule has 4 heteroatoms. The summed E-state index contributed by atoms with van der Waals surface area (Å²) < 4.78 is 0. The van der Waals surface area contributed by atoms with Crippen molar-refractivity contribution >= 4 is 17.3 Å². The van der Waals surface area contributed by atoms with Gasteiger partial charge < -0.3 is 4.90 Å². The number of likely N-dealkylation sites (tertiary alicyclic amines) is 1. The molecule has 1 spiro atoms. The zero-order valence-electron chi connectivity index (χ0n) is 25.9. The summed E-state index contributed by atoms with van der Waals surface area (Å²) in [6.45, 7) is 0. The van der Waals surface area contributed by atoms with Crippen LogP contribution in [0.15, 0.2) is 109 Å². The Labute approximate surface area is 261 Å². The van der Waals surface area contributed by atoms with Crippen molar-refractivity contribution in [3.63, 3.8) is 0 Å². The van der Waals surface area contributed by atoms with Gasteiger partial charge in [-0.15, -0.1) is 0 Å². The molecule has 0 N–H and O–H groups in total. The molecule has 1 saturated heterocycles. The lowest BCUT2D eigenvalue weighted by atomic mass is 9.57. The Morgan fingerprint density at radius 2 is 1.39 bits per heavy atom. The number of hydrogen-bond donors (Lipinski definition) is 0. The molecule has 4 aromatic rings. The van der Waals surface area contributed by atoms with E-state index in [1.54, 1.807) is 0 Å². The minimum atomic E-state index is -0.904. The Balaban J connectivity index is 1.52. The SMILES string of the molecule is CN(C)c1ccc([C@@H]2[C@@H](c3ccccc3)N(C3CCCCC3)[C@H](C(=O)c3ccccc3)[C@]23CCc2ccccc2C3=O)cc1. The molecule has 7 rings (SSSR count). The van der Waals surface area contributed by atoms with Gasteiger partial charge in [-0.05, 0) is 54.5 Å². The number of ketones is 2. The molecule has 1 heterocycles. The van der Waals surface area contributed by atoms with Crippen LogP contribution in [0, 0.1) is 5.41 Å². The van der Waals surface area contributed by atoms with E-state index >= 15 is 9.59 Å². The quantitative estimate of drug-likeness (QED) is 0.215. The number of nitrogens with zero attached hydrogens (tertiary/aromatic N) is 2. The first kappa shape index (κ1) is 28.7. The molecule has 44 heavy (non-hydrogen) atoms. The number of hydrogen-bond acceptors (Lipinski definition) is 4. The normalized spacial score (nSPS) is 25.6. The van der Waals surface area contributed by atoms with E-state index in [0.717, 1.165) is 54.5 Å². The highest BCUT2D eigenvalue weighted by Crippen LogP contribution is 2.64. The van der Waals surface area contributed by atoms with Crippen molar-refractivity contribution in [2.75, 3.05) is 19.0 Å². The summed E-state index contributed by atoms with van der Waals surface area (Å²) in [5.41, 5.74) is 5.13. The van der Waals surface area contributed by atoms with Crippen LogP contribution < -0.4 is 4.90 Å². The number of benzene rings is 4. The van der Waals surface area contributed by atoms with E-state index in [9.17, 15) is 0 Å². The van der Waals surface area contributed by atoms with Gasteiger partial charge in [0, 0.05) is 48.9 Å². The summed E-state index contributed by atoms with van der Waals surface area (Å²) in [4.78, 5) is 35.2. The highest BCUT2D eigenvalue weighted by Gasteiger charge is 2.67. The third-order valence-electron chi connectivity index (χ3n) is 10.7. The summed E-state index contributed by atoms with van der Waals surface area (Å²) in [5, 5.41) is 0. The number of fused-ring (bicyclic) bond motifs is 1. The molecule has 2 aliphatic carbocycles. The van der Waals surface area contributed by atoms with Crippen LogP contribution in [0.5, 0.6) is 0 Å². The first-order chi connectivity index (χ1) is 21.5. The summed E-state index contributed by atoms with van der Waals surface area (Å²) in [6.07, 6.45) is 7.07. The van der Waals surface area contributed by atoms with Crippen molar-refractivity contribution in [1.82, 2.24) is 4.90 Å². The van der Waals surface area contributed by atoms with Crippen LogP contribution in [0.25, 0.3) is 0 Å². The van der Waals surface area contributed by atoms with Crippen molar-refractivity contribution in [3.8, 4) is 0 Å². The second kappa shape index (κ2) is 11.8. The molecule has 4 atom stereocenters. The first-order valence-electron chi connectivity index (χ1n) is 16.3. The molecule has 3 aliphatic rings. The second-order valence-corrected chi connectivity index (χ2v) is 13.2. The lowest BCUT2D eigenvalue weighted by molar-refractivity contribution is 0.0414. The Morgan fingerprint density at radius 3 is 2.07 bits per heavy atom. The molecule has 0 amide bonds. The van der Waals surface area contributed by atoms with Crippen LogP contribution in [-0.4, -0.2) is 42.6 Å². The van der Waals surface area contributed by atoms with Gasteiger partial charge in [0.05, 0.1) is 11.5 Å². The zero-order chi connectivity index (χ0) is 30.3. The minimum Gasteiger partial charge on any atom is -0.378 e. The van der Waals surface area contributed by atoms with Gasteiger partial charge in [-0.2, -0.15) is 0 Å². The average Bonchev–Trinajstić information content (AvgIpc) is 3.39. The summed E-state index contributed by atoms with van der Waals surface area (Å²) in [5.74, 6) is 0.0355. The van der Waals surface area contributed by atoms with Gasteiger partial charge in [0.15, 0.2) is 11.6 Å². The lowest BCUT2D eigenvalue weighted by Crippen LogP contribution is -2.55. The number of Topliss-reactive ketones (excluding diaryl/α,β-unsaturated/α-hetero) is 2. The molecule has 0 aromatic heterocycles. The summed E-state index contributed by atoms with van der Waals surface area (Å²) in [7, 11) is 4.11. The maximum absolute atomic E-state index is 15.4. The number of aryl methyl sites for hydroxylation is 1. The predicted octanol–water partition coefficient (Wildman–Crippen LogP) is 8.29. The largest absolute Gasteiger partial charge is 0.378 e. The van der Waals surface area contributed by atoms with Gasteiger partial charge in [0.25, 0.3) is 0 Å². The van der Waals surface area contributed by atoms with Gasteiger partial charge in [-0.25, -0.2) is 0 Å². The third-order valence-corrected chi connectivity index (χ3v) is 10.7. The van der Waals surface area contributed by atoms with Gasteiger partial charge in [-0.1, -0.05) is 116 Å². The zero-order valence-corrected chi connectivity index (χ0v) is 25.9. The predicted molar refractivity (Wildman–Crippen MR) is 177 cm³/mol. The van der Waals surface area contributed by atoms with Gasteiger partial charge >= 0.3 is 0 Å². The molecule has 1 saturated carbocycles.